The Hall–Kier alpha value is -1.33. The molecular formula is C13H17F3N2O. The first-order valence-corrected chi connectivity index (χ1v) is 6.62. The van der Waals surface area contributed by atoms with Crippen molar-refractivity contribution >= 4 is 0 Å². The fourth-order valence-electron chi connectivity index (χ4n) is 2.01. The van der Waals surface area contributed by atoms with E-state index in [0.717, 1.165) is 36.4 Å². The van der Waals surface area contributed by atoms with Gasteiger partial charge in [0.2, 0.25) is 0 Å². The van der Waals surface area contributed by atoms with E-state index in [1.54, 1.807) is 0 Å². The molecule has 3 nitrogen and oxygen atoms in total. The van der Waals surface area contributed by atoms with Crippen LogP contribution in [0.25, 0.3) is 0 Å². The highest BCUT2D eigenvalue weighted by molar-refractivity contribution is 5.22. The fourth-order valence-corrected chi connectivity index (χ4v) is 2.01. The summed E-state index contributed by atoms with van der Waals surface area (Å²) in [5, 5.41) is 4.08. The van der Waals surface area contributed by atoms with Gasteiger partial charge in [-0.3, -0.25) is 4.79 Å². The zero-order chi connectivity index (χ0) is 14.0. The Balaban J connectivity index is 2.35. The lowest BCUT2D eigenvalue weighted by atomic mass is 10.2. The molecular weight excluding hydrogens is 257 g/mol. The monoisotopic (exact) mass is 274 g/mol. The predicted octanol–water partition coefficient (Wildman–Crippen LogP) is 3.33. The Labute approximate surface area is 109 Å². The average molecular weight is 274 g/mol. The van der Waals surface area contributed by atoms with Gasteiger partial charge in [0, 0.05) is 12.5 Å². The molecule has 0 atom stereocenters. The van der Waals surface area contributed by atoms with Gasteiger partial charge in [0.1, 0.15) is 5.56 Å². The van der Waals surface area contributed by atoms with Gasteiger partial charge in [-0.25, -0.2) is 4.68 Å². The molecule has 19 heavy (non-hydrogen) atoms. The van der Waals surface area contributed by atoms with Crippen LogP contribution in [-0.2, 0) is 12.7 Å². The van der Waals surface area contributed by atoms with E-state index in [9.17, 15) is 18.0 Å². The number of alkyl halides is 3. The summed E-state index contributed by atoms with van der Waals surface area (Å²) in [4.78, 5) is 11.8. The average Bonchev–Trinajstić information content (AvgIpc) is 3.14. The molecule has 0 unspecified atom stereocenters. The molecule has 1 fully saturated rings. The largest absolute Gasteiger partial charge is 0.421 e. The topological polar surface area (TPSA) is 34.9 Å². The van der Waals surface area contributed by atoms with Gasteiger partial charge in [-0.2, -0.15) is 18.3 Å². The van der Waals surface area contributed by atoms with Crippen LogP contribution in [0.5, 0.6) is 0 Å². The second-order valence-corrected chi connectivity index (χ2v) is 4.99. The van der Waals surface area contributed by atoms with Crippen LogP contribution in [0.4, 0.5) is 13.2 Å². The molecule has 1 aromatic heterocycles. The maximum atomic E-state index is 12.8. The lowest BCUT2D eigenvalue weighted by Crippen LogP contribution is -2.31. The second-order valence-electron chi connectivity index (χ2n) is 4.99. The van der Waals surface area contributed by atoms with Crippen molar-refractivity contribution in [3.63, 3.8) is 0 Å². The number of unbranched alkanes of at least 4 members (excludes halogenated alkanes) is 2. The number of rotatable bonds is 5. The molecule has 1 saturated carbocycles. The van der Waals surface area contributed by atoms with Crippen LogP contribution in [-0.4, -0.2) is 9.78 Å². The van der Waals surface area contributed by atoms with Crippen LogP contribution in [0, 0.1) is 0 Å². The molecule has 0 radical (unpaired) electrons. The Morgan fingerprint density at radius 2 is 2.05 bits per heavy atom. The number of hydrogen-bond donors (Lipinski definition) is 0. The van der Waals surface area contributed by atoms with E-state index in [0.29, 0.717) is 12.1 Å². The fraction of sp³-hybridized carbons (Fsp3) is 0.692. The first kappa shape index (κ1) is 14.1. The van der Waals surface area contributed by atoms with Gasteiger partial charge in [-0.1, -0.05) is 19.8 Å². The number of aromatic nitrogens is 2. The normalized spacial score (nSPS) is 15.8. The number of halogens is 3. The maximum absolute atomic E-state index is 12.8. The van der Waals surface area contributed by atoms with E-state index in [1.165, 1.54) is 0 Å². The number of nitrogens with zero attached hydrogens (tertiary/aromatic N) is 2. The first-order valence-electron chi connectivity index (χ1n) is 6.62. The quantitative estimate of drug-likeness (QED) is 0.772. The molecule has 1 aliphatic carbocycles. The van der Waals surface area contributed by atoms with E-state index < -0.39 is 17.3 Å². The van der Waals surface area contributed by atoms with Gasteiger partial charge in [-0.05, 0) is 25.3 Å². The molecule has 0 spiro atoms. The molecule has 106 valence electrons. The summed E-state index contributed by atoms with van der Waals surface area (Å²) >= 11 is 0. The molecule has 0 aliphatic heterocycles. The van der Waals surface area contributed by atoms with Crippen molar-refractivity contribution in [2.75, 3.05) is 0 Å². The highest BCUT2D eigenvalue weighted by Gasteiger charge is 2.37. The summed E-state index contributed by atoms with van der Waals surface area (Å²) in [5.41, 5.74) is -1.70. The zero-order valence-electron chi connectivity index (χ0n) is 10.8. The van der Waals surface area contributed by atoms with Crippen molar-refractivity contribution in [1.82, 2.24) is 9.78 Å². The van der Waals surface area contributed by atoms with Crippen molar-refractivity contribution in [2.45, 2.75) is 57.7 Å². The van der Waals surface area contributed by atoms with E-state index in [4.69, 9.17) is 0 Å². The van der Waals surface area contributed by atoms with Crippen molar-refractivity contribution in [3.05, 3.63) is 27.7 Å². The Morgan fingerprint density at radius 1 is 1.37 bits per heavy atom. The van der Waals surface area contributed by atoms with Gasteiger partial charge in [-0.15, -0.1) is 0 Å². The molecule has 2 rings (SSSR count). The summed E-state index contributed by atoms with van der Waals surface area (Å²) < 4.78 is 39.5. The molecule has 0 N–H and O–H groups in total. The Bertz CT molecular complexity index is 504. The molecule has 1 heterocycles. The summed E-state index contributed by atoms with van der Waals surface area (Å²) in [6.07, 6.45) is -0.383. The van der Waals surface area contributed by atoms with Crippen LogP contribution in [0.3, 0.4) is 0 Å². The third-order valence-corrected chi connectivity index (χ3v) is 3.27. The Morgan fingerprint density at radius 3 is 2.58 bits per heavy atom. The molecule has 1 aliphatic rings. The molecule has 0 bridgehead atoms. The highest BCUT2D eigenvalue weighted by atomic mass is 19.4. The van der Waals surface area contributed by atoms with Crippen LogP contribution >= 0.6 is 0 Å². The highest BCUT2D eigenvalue weighted by Crippen LogP contribution is 2.40. The SMILES string of the molecule is CCCCCn1nc(C2CC2)cc(C(F)(F)F)c1=O. The summed E-state index contributed by atoms with van der Waals surface area (Å²) in [7, 11) is 0. The standard InChI is InChI=1S/C13H17F3N2O/c1-2-3-4-7-18-12(19)10(13(14,15)16)8-11(17-18)9-5-6-9/h8-9H,2-7H2,1H3. The zero-order valence-corrected chi connectivity index (χ0v) is 10.8. The van der Waals surface area contributed by atoms with Gasteiger partial charge >= 0.3 is 6.18 Å². The lowest BCUT2D eigenvalue weighted by Gasteiger charge is -2.12. The van der Waals surface area contributed by atoms with Gasteiger partial charge in [0.05, 0.1) is 5.69 Å². The van der Waals surface area contributed by atoms with Gasteiger partial charge in [0.25, 0.3) is 5.56 Å². The van der Waals surface area contributed by atoms with Crippen molar-refractivity contribution in [2.24, 2.45) is 0 Å². The summed E-state index contributed by atoms with van der Waals surface area (Å²) in [5.74, 6) is 0.0964. The van der Waals surface area contributed by atoms with Gasteiger partial charge < -0.3 is 0 Å². The third kappa shape index (κ3) is 3.36. The molecule has 0 saturated heterocycles. The Kier molecular flexibility index (Phi) is 3.96. The predicted molar refractivity (Wildman–Crippen MR) is 65.0 cm³/mol. The van der Waals surface area contributed by atoms with Crippen LogP contribution in [0.2, 0.25) is 0 Å². The number of hydrogen-bond acceptors (Lipinski definition) is 2. The minimum absolute atomic E-state index is 0.0964. The summed E-state index contributed by atoms with van der Waals surface area (Å²) in [6.45, 7) is 2.26. The third-order valence-electron chi connectivity index (χ3n) is 3.27. The van der Waals surface area contributed by atoms with Crippen LogP contribution in [0.15, 0.2) is 10.9 Å². The molecule has 0 amide bonds. The van der Waals surface area contributed by atoms with Crippen molar-refractivity contribution in [1.29, 1.82) is 0 Å². The van der Waals surface area contributed by atoms with E-state index in [2.05, 4.69) is 5.10 Å². The van der Waals surface area contributed by atoms with E-state index in [1.807, 2.05) is 6.92 Å². The lowest BCUT2D eigenvalue weighted by molar-refractivity contribution is -0.139. The molecule has 6 heteroatoms. The van der Waals surface area contributed by atoms with Crippen LogP contribution in [0.1, 0.15) is 56.2 Å². The van der Waals surface area contributed by atoms with E-state index >= 15 is 0 Å². The molecule has 1 aromatic rings. The minimum atomic E-state index is -4.60. The first-order chi connectivity index (χ1) is 8.93. The molecule has 0 aromatic carbocycles. The van der Waals surface area contributed by atoms with Crippen molar-refractivity contribution < 1.29 is 13.2 Å². The smallest absolute Gasteiger partial charge is 0.267 e. The van der Waals surface area contributed by atoms with Crippen molar-refractivity contribution in [3.8, 4) is 0 Å². The maximum Gasteiger partial charge on any atom is 0.421 e. The number of aryl methyl sites for hydroxylation is 1. The second kappa shape index (κ2) is 5.35. The minimum Gasteiger partial charge on any atom is -0.267 e. The summed E-state index contributed by atoms with van der Waals surface area (Å²) in [6, 6.07) is 0.927. The van der Waals surface area contributed by atoms with Crippen LogP contribution < -0.4 is 5.56 Å². The van der Waals surface area contributed by atoms with Gasteiger partial charge in [0.15, 0.2) is 0 Å². The van der Waals surface area contributed by atoms with E-state index in [-0.39, 0.29) is 12.5 Å².